The molecule has 126 valence electrons. The number of sulfonamides is 1. The number of fused-ring (bicyclic) bond motifs is 1. The fraction of sp³-hybridized carbons (Fsp3) is 0.533. The number of nitrogens with zero attached hydrogens (tertiary/aromatic N) is 1. The molecule has 1 amide bonds. The van der Waals surface area contributed by atoms with Crippen LogP contribution in [0, 0.1) is 5.92 Å². The minimum absolute atomic E-state index is 0.0159. The molecule has 0 saturated carbocycles. The lowest BCUT2D eigenvalue weighted by molar-refractivity contribution is -0.122. The van der Waals surface area contributed by atoms with Crippen LogP contribution in [0.1, 0.15) is 19.8 Å². The first-order valence-electron chi connectivity index (χ1n) is 7.64. The number of amides is 1. The first-order valence-corrected chi connectivity index (χ1v) is 9.08. The smallest absolute Gasteiger partial charge is 0.265 e. The summed E-state index contributed by atoms with van der Waals surface area (Å²) in [5.74, 6) is 0.133. The van der Waals surface area contributed by atoms with E-state index < -0.39 is 16.1 Å². The van der Waals surface area contributed by atoms with Gasteiger partial charge in [-0.2, -0.15) is 4.31 Å². The second-order valence-electron chi connectivity index (χ2n) is 5.96. The van der Waals surface area contributed by atoms with Crippen molar-refractivity contribution in [3.8, 4) is 5.75 Å². The molecular formula is C15H20N2O5S. The number of carbonyl (C=O) groups excluding carboxylic acids is 1. The minimum Gasteiger partial charge on any atom is -0.479 e. The fourth-order valence-corrected chi connectivity index (χ4v) is 4.47. The van der Waals surface area contributed by atoms with Crippen molar-refractivity contribution in [2.45, 2.75) is 30.8 Å². The van der Waals surface area contributed by atoms with E-state index in [2.05, 4.69) is 5.32 Å². The van der Waals surface area contributed by atoms with Gasteiger partial charge in [-0.1, -0.05) is 0 Å². The average Bonchev–Trinajstić information content (AvgIpc) is 2.55. The van der Waals surface area contributed by atoms with Crippen molar-refractivity contribution in [3.63, 3.8) is 0 Å². The maximum Gasteiger partial charge on any atom is 0.265 e. The molecule has 23 heavy (non-hydrogen) atoms. The molecule has 2 heterocycles. The molecule has 1 aromatic rings. The first kappa shape index (κ1) is 16.2. The van der Waals surface area contributed by atoms with E-state index in [1.165, 1.54) is 16.4 Å². The second kappa shape index (κ2) is 6.10. The van der Waals surface area contributed by atoms with Gasteiger partial charge < -0.3 is 15.2 Å². The molecule has 3 rings (SSSR count). The zero-order valence-electron chi connectivity index (χ0n) is 12.9. The lowest BCUT2D eigenvalue weighted by Gasteiger charge is -2.31. The third kappa shape index (κ3) is 3.06. The fourth-order valence-electron chi connectivity index (χ4n) is 2.89. The highest BCUT2D eigenvalue weighted by Crippen LogP contribution is 2.33. The summed E-state index contributed by atoms with van der Waals surface area (Å²) in [5, 5.41) is 11.9. The normalized spacial score (nSPS) is 25.4. The molecule has 7 nitrogen and oxygen atoms in total. The summed E-state index contributed by atoms with van der Waals surface area (Å²) in [6.45, 7) is 2.37. The zero-order valence-corrected chi connectivity index (χ0v) is 13.7. The van der Waals surface area contributed by atoms with Crippen LogP contribution in [-0.4, -0.2) is 49.5 Å². The Morgan fingerprint density at radius 3 is 2.96 bits per heavy atom. The van der Waals surface area contributed by atoms with Gasteiger partial charge in [0.1, 0.15) is 5.75 Å². The summed E-state index contributed by atoms with van der Waals surface area (Å²) >= 11 is 0. The molecule has 1 saturated heterocycles. The number of nitrogens with one attached hydrogen (secondary N) is 1. The minimum atomic E-state index is -3.65. The number of hydrogen-bond acceptors (Lipinski definition) is 5. The summed E-state index contributed by atoms with van der Waals surface area (Å²) in [4.78, 5) is 11.8. The quantitative estimate of drug-likeness (QED) is 0.848. The summed E-state index contributed by atoms with van der Waals surface area (Å²) in [6, 6.07) is 4.48. The summed E-state index contributed by atoms with van der Waals surface area (Å²) in [5.41, 5.74) is 0.366. The highest BCUT2D eigenvalue weighted by atomic mass is 32.2. The van der Waals surface area contributed by atoms with Crippen molar-refractivity contribution in [2.75, 3.05) is 25.0 Å². The van der Waals surface area contributed by atoms with Crippen molar-refractivity contribution >= 4 is 21.6 Å². The van der Waals surface area contributed by atoms with Crippen molar-refractivity contribution < 1.29 is 23.1 Å². The third-order valence-electron chi connectivity index (χ3n) is 4.26. The standard InChI is InChI=1S/C15H20N2O5S/c1-10-15(19)16-13-7-12(4-5-14(13)22-10)23(20,21)17-6-2-3-11(8-17)9-18/h4-5,7,10-11,18H,2-3,6,8-9H2,1H3,(H,16,19)/t10-,11-/m1/s1. The second-order valence-corrected chi connectivity index (χ2v) is 7.90. The van der Waals surface area contributed by atoms with Crippen LogP contribution < -0.4 is 10.1 Å². The molecular weight excluding hydrogens is 320 g/mol. The van der Waals surface area contributed by atoms with Gasteiger partial charge in [0, 0.05) is 19.7 Å². The topological polar surface area (TPSA) is 95.9 Å². The number of aliphatic hydroxyl groups excluding tert-OH is 1. The van der Waals surface area contributed by atoms with E-state index in [4.69, 9.17) is 4.74 Å². The van der Waals surface area contributed by atoms with Gasteiger partial charge in [-0.3, -0.25) is 4.79 Å². The van der Waals surface area contributed by atoms with E-state index >= 15 is 0 Å². The van der Waals surface area contributed by atoms with E-state index in [0.717, 1.165) is 12.8 Å². The number of benzene rings is 1. The Kier molecular flexibility index (Phi) is 4.31. The van der Waals surface area contributed by atoms with Crippen LogP contribution in [-0.2, 0) is 14.8 Å². The van der Waals surface area contributed by atoms with E-state index in [0.29, 0.717) is 24.5 Å². The Bertz CT molecular complexity index is 719. The van der Waals surface area contributed by atoms with Crippen molar-refractivity contribution in [1.82, 2.24) is 4.31 Å². The summed E-state index contributed by atoms with van der Waals surface area (Å²) < 4.78 is 32.4. The molecule has 0 radical (unpaired) electrons. The van der Waals surface area contributed by atoms with Gasteiger partial charge in [0.05, 0.1) is 10.6 Å². The summed E-state index contributed by atoms with van der Waals surface area (Å²) in [6.07, 6.45) is 0.957. The van der Waals surface area contributed by atoms with E-state index in [9.17, 15) is 18.3 Å². The molecule has 2 atom stereocenters. The Balaban J connectivity index is 1.89. The lowest BCUT2D eigenvalue weighted by Crippen LogP contribution is -2.41. The molecule has 1 fully saturated rings. The molecule has 8 heteroatoms. The van der Waals surface area contributed by atoms with Gasteiger partial charge in [0.15, 0.2) is 6.10 Å². The number of rotatable bonds is 3. The predicted octanol–water partition coefficient (Wildman–Crippen LogP) is 0.799. The monoisotopic (exact) mass is 340 g/mol. The van der Waals surface area contributed by atoms with Gasteiger partial charge >= 0.3 is 0 Å². The van der Waals surface area contributed by atoms with Crippen LogP contribution in [0.15, 0.2) is 23.1 Å². The number of ether oxygens (including phenoxy) is 1. The first-order chi connectivity index (χ1) is 10.9. The highest BCUT2D eigenvalue weighted by molar-refractivity contribution is 7.89. The Morgan fingerprint density at radius 2 is 2.22 bits per heavy atom. The number of aliphatic hydroxyl groups is 1. The maximum absolute atomic E-state index is 12.8. The molecule has 2 aliphatic heterocycles. The van der Waals surface area contributed by atoms with Crippen molar-refractivity contribution in [3.05, 3.63) is 18.2 Å². The van der Waals surface area contributed by atoms with Gasteiger partial charge in [-0.15, -0.1) is 0 Å². The Labute approximate surface area is 135 Å². The molecule has 0 aromatic heterocycles. The van der Waals surface area contributed by atoms with Crippen LogP contribution in [0.3, 0.4) is 0 Å². The largest absolute Gasteiger partial charge is 0.479 e. The number of piperidine rings is 1. The van der Waals surface area contributed by atoms with Crippen LogP contribution in [0.4, 0.5) is 5.69 Å². The number of hydrogen-bond donors (Lipinski definition) is 2. The SMILES string of the molecule is C[C@H]1Oc2ccc(S(=O)(=O)N3CCC[C@@H](CO)C3)cc2NC1=O. The van der Waals surface area contributed by atoms with Crippen LogP contribution >= 0.6 is 0 Å². The number of carbonyl (C=O) groups is 1. The summed E-state index contributed by atoms with van der Waals surface area (Å²) in [7, 11) is -3.65. The van der Waals surface area contributed by atoms with Crippen LogP contribution in [0.5, 0.6) is 5.75 Å². The molecule has 2 N–H and O–H groups in total. The highest BCUT2D eigenvalue weighted by Gasteiger charge is 2.31. The van der Waals surface area contributed by atoms with Crippen molar-refractivity contribution in [2.24, 2.45) is 5.92 Å². The molecule has 1 aromatic carbocycles. The van der Waals surface area contributed by atoms with Crippen LogP contribution in [0.2, 0.25) is 0 Å². The lowest BCUT2D eigenvalue weighted by atomic mass is 10.0. The molecule has 0 bridgehead atoms. The van der Waals surface area contributed by atoms with Crippen LogP contribution in [0.25, 0.3) is 0 Å². The van der Waals surface area contributed by atoms with Gasteiger partial charge in [-0.25, -0.2) is 8.42 Å². The third-order valence-corrected chi connectivity index (χ3v) is 6.12. The van der Waals surface area contributed by atoms with E-state index in [1.807, 2.05) is 0 Å². The molecule has 0 unspecified atom stereocenters. The maximum atomic E-state index is 12.8. The predicted molar refractivity (Wildman–Crippen MR) is 83.7 cm³/mol. The van der Waals surface area contributed by atoms with E-state index in [-0.39, 0.29) is 23.3 Å². The van der Waals surface area contributed by atoms with Crippen molar-refractivity contribution in [1.29, 1.82) is 0 Å². The zero-order chi connectivity index (χ0) is 16.6. The Morgan fingerprint density at radius 1 is 1.43 bits per heavy atom. The average molecular weight is 340 g/mol. The Hall–Kier alpha value is -1.64. The van der Waals surface area contributed by atoms with Gasteiger partial charge in [0.2, 0.25) is 10.0 Å². The number of anilines is 1. The molecule has 0 spiro atoms. The van der Waals surface area contributed by atoms with Gasteiger partial charge in [-0.05, 0) is 43.9 Å². The van der Waals surface area contributed by atoms with Gasteiger partial charge in [0.25, 0.3) is 5.91 Å². The molecule has 2 aliphatic rings. The van der Waals surface area contributed by atoms with E-state index in [1.54, 1.807) is 13.0 Å². The molecule has 0 aliphatic carbocycles.